The lowest BCUT2D eigenvalue weighted by molar-refractivity contribution is 0.0504. The third-order valence-electron chi connectivity index (χ3n) is 4.42. The maximum absolute atomic E-state index is 12.8. The Bertz CT molecular complexity index is 873. The second kappa shape index (κ2) is 8.50. The molecule has 27 heavy (non-hydrogen) atoms. The highest BCUT2D eigenvalue weighted by atomic mass is 35.5. The van der Waals surface area contributed by atoms with E-state index in [-0.39, 0.29) is 24.2 Å². The highest BCUT2D eigenvalue weighted by molar-refractivity contribution is 6.27. The lowest BCUT2D eigenvalue weighted by Gasteiger charge is -2.28. The number of amides is 2. The van der Waals surface area contributed by atoms with Crippen LogP contribution in [0.2, 0.25) is 0 Å². The first kappa shape index (κ1) is 20.9. The molecule has 1 aliphatic heterocycles. The molecule has 0 fully saturated rings. The van der Waals surface area contributed by atoms with Crippen LogP contribution in [0.3, 0.4) is 0 Å². The Morgan fingerprint density at radius 2 is 1.74 bits per heavy atom. The first-order valence-corrected chi connectivity index (χ1v) is 8.69. The molecule has 0 aromatic heterocycles. The monoisotopic (exact) mass is 390 g/mol. The van der Waals surface area contributed by atoms with Crippen LogP contribution in [-0.4, -0.2) is 61.4 Å². The summed E-state index contributed by atoms with van der Waals surface area (Å²) in [5, 5.41) is 1.12. The minimum Gasteiger partial charge on any atom is -0.462 e. The van der Waals surface area contributed by atoms with Gasteiger partial charge in [-0.05, 0) is 44.1 Å². The Morgan fingerprint density at radius 1 is 1.07 bits per heavy atom. The van der Waals surface area contributed by atoms with Crippen LogP contribution in [0.4, 0.5) is 0 Å². The summed E-state index contributed by atoms with van der Waals surface area (Å²) < 4.78 is 5.23. The van der Waals surface area contributed by atoms with Crippen molar-refractivity contribution in [2.45, 2.75) is 13.3 Å². The molecule has 0 bridgehead atoms. The van der Waals surface area contributed by atoms with Crippen LogP contribution in [0.5, 0.6) is 0 Å². The van der Waals surface area contributed by atoms with E-state index in [1.54, 1.807) is 30.3 Å². The number of esters is 1. The van der Waals surface area contributed by atoms with Crippen LogP contribution in [-0.2, 0) is 4.74 Å². The molecular weight excluding hydrogens is 368 g/mol. The van der Waals surface area contributed by atoms with Crippen molar-refractivity contribution in [3.8, 4) is 0 Å². The van der Waals surface area contributed by atoms with Gasteiger partial charge >= 0.3 is 5.97 Å². The summed E-state index contributed by atoms with van der Waals surface area (Å²) in [7, 11) is 3.78. The molecule has 1 aliphatic rings. The van der Waals surface area contributed by atoms with Crippen molar-refractivity contribution in [2.24, 2.45) is 0 Å². The molecule has 2 amide bonds. The summed E-state index contributed by atoms with van der Waals surface area (Å²) in [6, 6.07) is 8.41. The number of hydrogen-bond acceptors (Lipinski definition) is 5. The van der Waals surface area contributed by atoms with Crippen LogP contribution in [0.15, 0.2) is 30.3 Å². The number of nitrogens with zero attached hydrogens (tertiary/aromatic N) is 2. The standard InChI is InChI=1S/C20H22N2O4.ClH/c1-4-12-26-20(25)14-8-9-16-17-13(14)6-5-7-15(17)18(23)22(19(16)24)11-10-21(2)3;/h5-9H,4,10-12H2,1-3H3;1H. The van der Waals surface area contributed by atoms with Crippen LogP contribution in [0.1, 0.15) is 44.4 Å². The van der Waals surface area contributed by atoms with E-state index in [0.29, 0.717) is 47.2 Å². The number of ether oxygens (including phenoxy) is 1. The molecule has 144 valence electrons. The zero-order valence-electron chi connectivity index (χ0n) is 15.7. The summed E-state index contributed by atoms with van der Waals surface area (Å²) in [5.74, 6) is -1.09. The number of hydrogen-bond donors (Lipinski definition) is 0. The highest BCUT2D eigenvalue weighted by Gasteiger charge is 2.33. The Balaban J connectivity index is 0.00000261. The van der Waals surface area contributed by atoms with Gasteiger partial charge in [-0.1, -0.05) is 19.1 Å². The van der Waals surface area contributed by atoms with Crippen molar-refractivity contribution in [3.05, 3.63) is 47.0 Å². The smallest absolute Gasteiger partial charge is 0.338 e. The molecule has 0 N–H and O–H groups in total. The molecular formula is C20H23ClN2O4. The maximum Gasteiger partial charge on any atom is 0.338 e. The van der Waals surface area contributed by atoms with E-state index in [1.807, 2.05) is 25.9 Å². The number of imide groups is 1. The Morgan fingerprint density at radius 3 is 2.37 bits per heavy atom. The van der Waals surface area contributed by atoms with Crippen molar-refractivity contribution in [2.75, 3.05) is 33.8 Å². The van der Waals surface area contributed by atoms with Gasteiger partial charge in [-0.25, -0.2) is 4.79 Å². The van der Waals surface area contributed by atoms with Crippen LogP contribution >= 0.6 is 12.4 Å². The molecule has 0 unspecified atom stereocenters. The number of rotatable bonds is 6. The lowest BCUT2D eigenvalue weighted by atomic mass is 9.91. The maximum atomic E-state index is 12.8. The van der Waals surface area contributed by atoms with E-state index in [9.17, 15) is 14.4 Å². The van der Waals surface area contributed by atoms with Crippen molar-refractivity contribution in [3.63, 3.8) is 0 Å². The molecule has 6 nitrogen and oxygen atoms in total. The van der Waals surface area contributed by atoms with Crippen molar-refractivity contribution in [1.29, 1.82) is 0 Å². The third-order valence-corrected chi connectivity index (χ3v) is 4.42. The summed E-state index contributed by atoms with van der Waals surface area (Å²) in [6.45, 7) is 3.16. The van der Waals surface area contributed by atoms with E-state index in [4.69, 9.17) is 4.74 Å². The Hall–Kier alpha value is -2.44. The van der Waals surface area contributed by atoms with E-state index >= 15 is 0 Å². The van der Waals surface area contributed by atoms with Gasteiger partial charge in [0.05, 0.1) is 12.2 Å². The minimum absolute atomic E-state index is 0. The molecule has 0 saturated heterocycles. The van der Waals surface area contributed by atoms with E-state index in [0.717, 1.165) is 6.42 Å². The van der Waals surface area contributed by atoms with Crippen LogP contribution in [0.25, 0.3) is 10.8 Å². The fourth-order valence-electron chi connectivity index (χ4n) is 3.10. The van der Waals surface area contributed by atoms with Crippen molar-refractivity contribution in [1.82, 2.24) is 9.80 Å². The summed E-state index contributed by atoms with van der Waals surface area (Å²) in [6.07, 6.45) is 0.727. The average Bonchev–Trinajstić information content (AvgIpc) is 2.63. The molecule has 0 aliphatic carbocycles. The number of benzene rings is 2. The molecule has 0 saturated carbocycles. The first-order valence-electron chi connectivity index (χ1n) is 8.69. The Labute approximate surface area is 164 Å². The minimum atomic E-state index is -0.439. The summed E-state index contributed by atoms with van der Waals surface area (Å²) >= 11 is 0. The fraction of sp³-hybridized carbons (Fsp3) is 0.350. The number of likely N-dealkylation sites (N-methyl/N-ethyl adjacent to an activating group) is 1. The van der Waals surface area contributed by atoms with Crippen molar-refractivity contribution < 1.29 is 19.1 Å². The zero-order valence-corrected chi connectivity index (χ0v) is 16.5. The zero-order chi connectivity index (χ0) is 18.8. The van der Waals surface area contributed by atoms with Gasteiger partial charge < -0.3 is 9.64 Å². The topological polar surface area (TPSA) is 66.9 Å². The third kappa shape index (κ3) is 3.82. The predicted molar refractivity (Wildman–Crippen MR) is 106 cm³/mol. The lowest BCUT2D eigenvalue weighted by Crippen LogP contribution is -2.43. The highest BCUT2D eigenvalue weighted by Crippen LogP contribution is 2.32. The summed E-state index contributed by atoms with van der Waals surface area (Å²) in [4.78, 5) is 41.2. The predicted octanol–water partition coefficient (Wildman–Crippen LogP) is 2.99. The van der Waals surface area contributed by atoms with Crippen LogP contribution in [0, 0.1) is 0 Å². The number of carbonyl (C=O) groups excluding carboxylic acids is 3. The number of halogens is 1. The molecule has 2 aromatic rings. The second-order valence-electron chi connectivity index (χ2n) is 6.59. The SMILES string of the molecule is CCCOC(=O)c1ccc2c3c(cccc13)C(=O)N(CCN(C)C)C2=O.Cl. The van der Waals surface area contributed by atoms with E-state index in [2.05, 4.69) is 0 Å². The van der Waals surface area contributed by atoms with Gasteiger partial charge in [-0.2, -0.15) is 0 Å². The molecule has 7 heteroatoms. The van der Waals surface area contributed by atoms with Gasteiger partial charge in [0.2, 0.25) is 0 Å². The van der Waals surface area contributed by atoms with Crippen molar-refractivity contribution >= 4 is 41.0 Å². The van der Waals surface area contributed by atoms with Gasteiger partial charge in [0.15, 0.2) is 0 Å². The van der Waals surface area contributed by atoms with E-state index < -0.39 is 5.97 Å². The largest absolute Gasteiger partial charge is 0.462 e. The normalized spacial score (nSPS) is 13.1. The van der Waals surface area contributed by atoms with E-state index in [1.165, 1.54) is 4.90 Å². The van der Waals surface area contributed by atoms with Gasteiger partial charge in [0.25, 0.3) is 11.8 Å². The van der Waals surface area contributed by atoms with Gasteiger partial charge in [0.1, 0.15) is 0 Å². The van der Waals surface area contributed by atoms with Gasteiger partial charge in [0, 0.05) is 29.6 Å². The Kier molecular flexibility index (Phi) is 6.57. The molecule has 0 spiro atoms. The molecule has 2 aromatic carbocycles. The fourth-order valence-corrected chi connectivity index (χ4v) is 3.10. The molecule has 0 atom stereocenters. The molecule has 3 rings (SSSR count). The summed E-state index contributed by atoms with van der Waals surface area (Å²) in [5.41, 5.74) is 1.27. The quantitative estimate of drug-likeness (QED) is 0.560. The van der Waals surface area contributed by atoms with Crippen LogP contribution < -0.4 is 0 Å². The second-order valence-corrected chi connectivity index (χ2v) is 6.59. The first-order chi connectivity index (χ1) is 12.5. The number of carbonyl (C=O) groups is 3. The van der Waals surface area contributed by atoms with Gasteiger partial charge in [-0.15, -0.1) is 12.4 Å². The average molecular weight is 391 g/mol. The molecule has 1 heterocycles. The molecule has 0 radical (unpaired) electrons. The van der Waals surface area contributed by atoms with Gasteiger partial charge in [-0.3, -0.25) is 14.5 Å².